The highest BCUT2D eigenvalue weighted by molar-refractivity contribution is 8.00. The van der Waals surface area contributed by atoms with E-state index in [2.05, 4.69) is 10.6 Å². The van der Waals surface area contributed by atoms with E-state index < -0.39 is 0 Å². The monoisotopic (exact) mass is 232 g/mol. The molecule has 15 heavy (non-hydrogen) atoms. The van der Waals surface area contributed by atoms with E-state index in [4.69, 9.17) is 5.11 Å². The third-order valence-electron chi connectivity index (χ3n) is 2.39. The van der Waals surface area contributed by atoms with Crippen LogP contribution in [-0.2, 0) is 4.79 Å². The Hall–Kier alpha value is -0.260. The van der Waals surface area contributed by atoms with Crippen molar-refractivity contribution in [3.8, 4) is 0 Å². The molecule has 1 aliphatic heterocycles. The van der Waals surface area contributed by atoms with Crippen LogP contribution in [0.4, 0.5) is 0 Å². The molecule has 3 N–H and O–H groups in total. The van der Waals surface area contributed by atoms with Gasteiger partial charge in [-0.15, -0.1) is 11.8 Å². The SMILES string of the molecule is O=C(CSC1CCNCC1)NCCCO. The lowest BCUT2D eigenvalue weighted by Crippen LogP contribution is -2.31. The average Bonchev–Trinajstić information content (AvgIpc) is 2.28. The highest BCUT2D eigenvalue weighted by Gasteiger charge is 2.14. The quantitative estimate of drug-likeness (QED) is 0.563. The molecule has 0 aromatic carbocycles. The van der Waals surface area contributed by atoms with Crippen molar-refractivity contribution in [2.24, 2.45) is 0 Å². The summed E-state index contributed by atoms with van der Waals surface area (Å²) in [4.78, 5) is 11.3. The van der Waals surface area contributed by atoms with Crippen molar-refractivity contribution in [2.45, 2.75) is 24.5 Å². The number of hydrogen-bond donors (Lipinski definition) is 3. The molecule has 5 heteroatoms. The first-order valence-corrected chi connectivity index (χ1v) is 6.57. The molecule has 0 aromatic heterocycles. The van der Waals surface area contributed by atoms with Crippen molar-refractivity contribution < 1.29 is 9.90 Å². The zero-order chi connectivity index (χ0) is 10.9. The third kappa shape index (κ3) is 6.02. The van der Waals surface area contributed by atoms with E-state index in [0.29, 0.717) is 24.0 Å². The van der Waals surface area contributed by atoms with Crippen LogP contribution < -0.4 is 10.6 Å². The molecule has 1 heterocycles. The van der Waals surface area contributed by atoms with E-state index in [9.17, 15) is 4.79 Å². The van der Waals surface area contributed by atoms with Gasteiger partial charge in [0.05, 0.1) is 5.75 Å². The Kier molecular flexibility index (Phi) is 6.80. The van der Waals surface area contributed by atoms with Crippen molar-refractivity contribution in [3.05, 3.63) is 0 Å². The summed E-state index contributed by atoms with van der Waals surface area (Å²) in [5, 5.41) is 15.3. The second-order valence-electron chi connectivity index (χ2n) is 3.69. The summed E-state index contributed by atoms with van der Waals surface area (Å²) in [6, 6.07) is 0. The fourth-order valence-corrected chi connectivity index (χ4v) is 2.57. The van der Waals surface area contributed by atoms with Gasteiger partial charge in [-0.1, -0.05) is 0 Å². The van der Waals surface area contributed by atoms with Crippen LogP contribution >= 0.6 is 11.8 Å². The number of piperidine rings is 1. The van der Waals surface area contributed by atoms with E-state index in [1.54, 1.807) is 11.8 Å². The molecule has 0 aliphatic carbocycles. The Labute approximate surface area is 95.2 Å². The molecule has 1 saturated heterocycles. The van der Waals surface area contributed by atoms with E-state index in [0.717, 1.165) is 25.9 Å². The standard InChI is InChI=1S/C10H20N2O2S/c13-7-1-4-12-10(14)8-15-9-2-5-11-6-3-9/h9,11,13H,1-8H2,(H,12,14). The lowest BCUT2D eigenvalue weighted by atomic mass is 10.2. The Morgan fingerprint density at radius 3 is 2.87 bits per heavy atom. The minimum atomic E-state index is 0.0898. The molecule has 0 bridgehead atoms. The predicted molar refractivity (Wildman–Crippen MR) is 63.1 cm³/mol. The predicted octanol–water partition coefficient (Wildman–Crippen LogP) is -0.0298. The Balaban J connectivity index is 2.00. The van der Waals surface area contributed by atoms with Crippen LogP contribution in [0.2, 0.25) is 0 Å². The van der Waals surface area contributed by atoms with E-state index in [1.807, 2.05) is 0 Å². The summed E-state index contributed by atoms with van der Waals surface area (Å²) < 4.78 is 0. The minimum absolute atomic E-state index is 0.0898. The lowest BCUT2D eigenvalue weighted by Gasteiger charge is -2.21. The number of carbonyl (C=O) groups excluding carboxylic acids is 1. The molecule has 0 saturated carbocycles. The first kappa shape index (κ1) is 12.8. The van der Waals surface area contributed by atoms with Gasteiger partial charge in [0.25, 0.3) is 0 Å². The number of aliphatic hydroxyl groups excluding tert-OH is 1. The average molecular weight is 232 g/mol. The van der Waals surface area contributed by atoms with Gasteiger partial charge in [0.2, 0.25) is 5.91 Å². The van der Waals surface area contributed by atoms with E-state index in [-0.39, 0.29) is 12.5 Å². The van der Waals surface area contributed by atoms with Crippen LogP contribution in [0.15, 0.2) is 0 Å². The normalized spacial score (nSPS) is 17.7. The van der Waals surface area contributed by atoms with Gasteiger partial charge in [0.1, 0.15) is 0 Å². The van der Waals surface area contributed by atoms with Gasteiger partial charge < -0.3 is 15.7 Å². The molecule has 1 amide bonds. The van der Waals surface area contributed by atoms with Crippen molar-refractivity contribution in [3.63, 3.8) is 0 Å². The van der Waals surface area contributed by atoms with Crippen LogP contribution in [-0.4, -0.2) is 48.3 Å². The number of nitrogens with one attached hydrogen (secondary N) is 2. The molecule has 0 atom stereocenters. The first-order valence-electron chi connectivity index (χ1n) is 5.53. The van der Waals surface area contributed by atoms with Crippen LogP contribution in [0, 0.1) is 0 Å². The fourth-order valence-electron chi connectivity index (χ4n) is 1.51. The third-order valence-corrected chi connectivity index (χ3v) is 3.77. The van der Waals surface area contributed by atoms with E-state index in [1.165, 1.54) is 0 Å². The second-order valence-corrected chi connectivity index (χ2v) is 4.98. The number of rotatable bonds is 6. The highest BCUT2D eigenvalue weighted by atomic mass is 32.2. The molecule has 1 aliphatic rings. The zero-order valence-corrected chi connectivity index (χ0v) is 9.81. The van der Waals surface area contributed by atoms with Gasteiger partial charge in [0.15, 0.2) is 0 Å². The summed E-state index contributed by atoms with van der Waals surface area (Å²) in [5.74, 6) is 0.641. The fraction of sp³-hybridized carbons (Fsp3) is 0.900. The Morgan fingerprint density at radius 2 is 2.20 bits per heavy atom. The van der Waals surface area contributed by atoms with Crippen LogP contribution in [0.25, 0.3) is 0 Å². The van der Waals surface area contributed by atoms with Crippen molar-refractivity contribution in [1.29, 1.82) is 0 Å². The maximum Gasteiger partial charge on any atom is 0.230 e. The molecule has 4 nitrogen and oxygen atoms in total. The summed E-state index contributed by atoms with van der Waals surface area (Å²) in [5.41, 5.74) is 0. The number of thioether (sulfide) groups is 1. The molecule has 0 aromatic rings. The van der Waals surface area contributed by atoms with Crippen molar-refractivity contribution >= 4 is 17.7 Å². The molecular weight excluding hydrogens is 212 g/mol. The van der Waals surface area contributed by atoms with Gasteiger partial charge >= 0.3 is 0 Å². The summed E-state index contributed by atoms with van der Waals surface area (Å²) >= 11 is 1.75. The maximum absolute atomic E-state index is 11.3. The van der Waals surface area contributed by atoms with Crippen LogP contribution in [0.3, 0.4) is 0 Å². The summed E-state index contributed by atoms with van der Waals surface area (Å²) in [6.45, 7) is 2.87. The first-order chi connectivity index (χ1) is 7.33. The van der Waals surface area contributed by atoms with Gasteiger partial charge in [-0.25, -0.2) is 0 Å². The molecule has 0 radical (unpaired) electrons. The smallest absolute Gasteiger partial charge is 0.230 e. The largest absolute Gasteiger partial charge is 0.396 e. The number of carbonyl (C=O) groups is 1. The Morgan fingerprint density at radius 1 is 1.47 bits per heavy atom. The number of aliphatic hydroxyl groups is 1. The van der Waals surface area contributed by atoms with E-state index >= 15 is 0 Å². The highest BCUT2D eigenvalue weighted by Crippen LogP contribution is 2.19. The van der Waals surface area contributed by atoms with Crippen LogP contribution in [0.5, 0.6) is 0 Å². The summed E-state index contributed by atoms with van der Waals surface area (Å²) in [6.07, 6.45) is 2.97. The molecule has 1 rings (SSSR count). The maximum atomic E-state index is 11.3. The number of hydrogen-bond acceptors (Lipinski definition) is 4. The van der Waals surface area contributed by atoms with Crippen molar-refractivity contribution in [2.75, 3.05) is 32.0 Å². The Bertz CT molecular complexity index is 184. The molecular formula is C10H20N2O2S. The van der Waals surface area contributed by atoms with Gasteiger partial charge in [-0.3, -0.25) is 4.79 Å². The van der Waals surface area contributed by atoms with Crippen molar-refractivity contribution in [1.82, 2.24) is 10.6 Å². The molecule has 1 fully saturated rings. The summed E-state index contributed by atoms with van der Waals surface area (Å²) in [7, 11) is 0. The molecule has 88 valence electrons. The van der Waals surface area contributed by atoms with Gasteiger partial charge in [-0.2, -0.15) is 0 Å². The zero-order valence-electron chi connectivity index (χ0n) is 9.00. The van der Waals surface area contributed by atoms with Gasteiger partial charge in [-0.05, 0) is 32.4 Å². The topological polar surface area (TPSA) is 61.4 Å². The lowest BCUT2D eigenvalue weighted by molar-refractivity contribution is -0.118. The van der Waals surface area contributed by atoms with Gasteiger partial charge in [0, 0.05) is 18.4 Å². The van der Waals surface area contributed by atoms with Crippen LogP contribution in [0.1, 0.15) is 19.3 Å². The number of amides is 1. The minimum Gasteiger partial charge on any atom is -0.396 e. The second kappa shape index (κ2) is 7.96. The molecule has 0 spiro atoms. The molecule has 0 unspecified atom stereocenters.